The Bertz CT molecular complexity index is 1280. The van der Waals surface area contributed by atoms with Gasteiger partial charge in [0.15, 0.2) is 14.6 Å². The fourth-order valence-electron chi connectivity index (χ4n) is 2.71. The van der Waals surface area contributed by atoms with E-state index in [-0.39, 0.29) is 10.5 Å². The average Bonchev–Trinajstić information content (AvgIpc) is 3.03. The van der Waals surface area contributed by atoms with E-state index in [9.17, 15) is 18.0 Å². The van der Waals surface area contributed by atoms with Gasteiger partial charge in [-0.25, -0.2) is 13.2 Å². The molecule has 0 spiro atoms. The second kappa shape index (κ2) is 8.14. The van der Waals surface area contributed by atoms with Crippen LogP contribution in [-0.4, -0.2) is 38.2 Å². The number of thiazole rings is 1. The van der Waals surface area contributed by atoms with Crippen LogP contribution in [0.5, 0.6) is 0 Å². The molecule has 0 fully saturated rings. The summed E-state index contributed by atoms with van der Waals surface area (Å²) in [6.07, 6.45) is 2.79. The maximum absolute atomic E-state index is 12.6. The molecule has 1 amide bonds. The number of esters is 1. The minimum absolute atomic E-state index is 0.132. The summed E-state index contributed by atoms with van der Waals surface area (Å²) in [4.78, 5) is 29.2. The largest absolute Gasteiger partial charge is 0.465 e. The van der Waals surface area contributed by atoms with Crippen molar-refractivity contribution in [3.05, 3.63) is 71.0 Å². The number of fused-ring (bicyclic) bond motifs is 1. The van der Waals surface area contributed by atoms with Crippen LogP contribution in [0.1, 0.15) is 20.7 Å². The Morgan fingerprint density at radius 2 is 1.83 bits per heavy atom. The summed E-state index contributed by atoms with van der Waals surface area (Å²) in [6.45, 7) is 4.17. The maximum Gasteiger partial charge on any atom is 0.337 e. The predicted molar refractivity (Wildman–Crippen MR) is 111 cm³/mol. The molecule has 29 heavy (non-hydrogen) atoms. The topological polar surface area (TPSA) is 94.8 Å². The summed E-state index contributed by atoms with van der Waals surface area (Å²) in [7, 11) is -2.03. The van der Waals surface area contributed by atoms with Crippen LogP contribution < -0.4 is 4.80 Å². The number of carbonyl (C=O) groups excluding carboxylic acids is 2. The molecule has 0 bridgehead atoms. The summed E-state index contributed by atoms with van der Waals surface area (Å²) in [5.74, 6) is -0.946. The van der Waals surface area contributed by atoms with Crippen LogP contribution in [0.15, 0.2) is 65.0 Å². The van der Waals surface area contributed by atoms with Gasteiger partial charge in [-0.2, -0.15) is 4.99 Å². The van der Waals surface area contributed by atoms with E-state index in [0.29, 0.717) is 16.9 Å². The highest BCUT2D eigenvalue weighted by molar-refractivity contribution is 7.90. The number of sulfone groups is 1. The second-order valence-electron chi connectivity index (χ2n) is 6.17. The van der Waals surface area contributed by atoms with Crippen LogP contribution >= 0.6 is 11.3 Å². The lowest BCUT2D eigenvalue weighted by molar-refractivity contribution is 0.0600. The van der Waals surface area contributed by atoms with Crippen LogP contribution in [0, 0.1) is 0 Å². The molecule has 3 aromatic rings. The molecule has 1 aromatic heterocycles. The molecule has 0 unspecified atom stereocenters. The fraction of sp³-hybridized carbons (Fsp3) is 0.150. The van der Waals surface area contributed by atoms with Crippen LogP contribution in [-0.2, 0) is 21.1 Å². The van der Waals surface area contributed by atoms with E-state index >= 15 is 0 Å². The Kier molecular flexibility index (Phi) is 5.81. The number of benzene rings is 2. The average molecular weight is 431 g/mol. The standard InChI is InChI=1S/C20H18N2O5S2/c1-4-11-22-16-10-7-14(19(24)27-2)12-17(16)28-20(22)21-18(23)13-5-8-15(9-6-13)29(3,25)26/h4-10,12H,1,11H2,2-3H3. The number of allylic oxidation sites excluding steroid dienone is 1. The minimum atomic E-state index is -3.34. The molecule has 0 saturated carbocycles. The second-order valence-corrected chi connectivity index (χ2v) is 9.20. The van der Waals surface area contributed by atoms with Gasteiger partial charge in [0.25, 0.3) is 5.91 Å². The van der Waals surface area contributed by atoms with Crippen molar-refractivity contribution in [1.82, 2.24) is 4.57 Å². The van der Waals surface area contributed by atoms with Crippen LogP contribution in [0.25, 0.3) is 10.2 Å². The van der Waals surface area contributed by atoms with Crippen molar-refractivity contribution in [2.24, 2.45) is 4.99 Å². The van der Waals surface area contributed by atoms with E-state index in [1.54, 1.807) is 24.3 Å². The number of amides is 1. The zero-order chi connectivity index (χ0) is 21.2. The lowest BCUT2D eigenvalue weighted by Gasteiger charge is -2.02. The third-order valence-corrected chi connectivity index (χ3v) is 6.31. The van der Waals surface area contributed by atoms with Gasteiger partial charge in [0.2, 0.25) is 0 Å². The fourth-order valence-corrected chi connectivity index (χ4v) is 4.41. The van der Waals surface area contributed by atoms with Gasteiger partial charge in [0.05, 0.1) is 27.8 Å². The van der Waals surface area contributed by atoms with Gasteiger partial charge in [-0.1, -0.05) is 17.4 Å². The van der Waals surface area contributed by atoms with Gasteiger partial charge >= 0.3 is 5.97 Å². The van der Waals surface area contributed by atoms with Gasteiger partial charge in [-0.15, -0.1) is 6.58 Å². The SMILES string of the molecule is C=CCn1c(=NC(=O)c2ccc(S(C)(=O)=O)cc2)sc2cc(C(=O)OC)ccc21. The molecule has 2 aromatic carbocycles. The van der Waals surface area contributed by atoms with Gasteiger partial charge in [0.1, 0.15) is 0 Å². The highest BCUT2D eigenvalue weighted by Gasteiger charge is 2.13. The molecular formula is C20H18N2O5S2. The number of nitrogens with zero attached hydrogens (tertiary/aromatic N) is 2. The third kappa shape index (κ3) is 4.36. The Labute approximate surface area is 171 Å². The molecule has 150 valence electrons. The highest BCUT2D eigenvalue weighted by Crippen LogP contribution is 2.20. The molecule has 9 heteroatoms. The van der Waals surface area contributed by atoms with Crippen LogP contribution in [0.4, 0.5) is 0 Å². The van der Waals surface area contributed by atoms with Crippen molar-refractivity contribution < 1.29 is 22.7 Å². The maximum atomic E-state index is 12.6. The summed E-state index contributed by atoms with van der Waals surface area (Å²) < 4.78 is 30.5. The Morgan fingerprint density at radius 3 is 2.41 bits per heavy atom. The smallest absolute Gasteiger partial charge is 0.337 e. The Morgan fingerprint density at radius 1 is 1.17 bits per heavy atom. The first kappa shape index (κ1) is 20.7. The first-order chi connectivity index (χ1) is 13.7. The lowest BCUT2D eigenvalue weighted by atomic mass is 10.2. The van der Waals surface area contributed by atoms with Gasteiger partial charge in [0, 0.05) is 18.4 Å². The van der Waals surface area contributed by atoms with Crippen molar-refractivity contribution in [3.63, 3.8) is 0 Å². The van der Waals surface area contributed by atoms with E-state index in [0.717, 1.165) is 16.5 Å². The molecule has 0 aliphatic carbocycles. The first-order valence-electron chi connectivity index (χ1n) is 8.46. The van der Waals surface area contributed by atoms with Crippen molar-refractivity contribution in [1.29, 1.82) is 0 Å². The van der Waals surface area contributed by atoms with Crippen molar-refractivity contribution in [3.8, 4) is 0 Å². The van der Waals surface area contributed by atoms with Crippen LogP contribution in [0.3, 0.4) is 0 Å². The van der Waals surface area contributed by atoms with Crippen molar-refractivity contribution in [2.75, 3.05) is 13.4 Å². The van der Waals surface area contributed by atoms with Gasteiger partial charge in [-0.05, 0) is 42.5 Å². The summed E-state index contributed by atoms with van der Waals surface area (Å²) in [5, 5.41) is 0. The minimum Gasteiger partial charge on any atom is -0.465 e. The number of hydrogen-bond donors (Lipinski definition) is 0. The lowest BCUT2D eigenvalue weighted by Crippen LogP contribution is -2.16. The van der Waals surface area contributed by atoms with Crippen molar-refractivity contribution >= 4 is 43.3 Å². The quantitative estimate of drug-likeness (QED) is 0.458. The number of carbonyl (C=O) groups is 2. The first-order valence-corrected chi connectivity index (χ1v) is 11.2. The number of rotatable bonds is 5. The number of ether oxygens (including phenoxy) is 1. The highest BCUT2D eigenvalue weighted by atomic mass is 32.2. The molecule has 0 aliphatic heterocycles. The zero-order valence-corrected chi connectivity index (χ0v) is 17.4. The normalized spacial score (nSPS) is 12.1. The summed E-state index contributed by atoms with van der Waals surface area (Å²) in [6, 6.07) is 10.7. The van der Waals surface area contributed by atoms with E-state index in [2.05, 4.69) is 11.6 Å². The molecule has 0 N–H and O–H groups in total. The summed E-state index contributed by atoms with van der Waals surface area (Å²) >= 11 is 1.26. The zero-order valence-electron chi connectivity index (χ0n) is 15.8. The molecule has 7 nitrogen and oxygen atoms in total. The van der Waals surface area contributed by atoms with Gasteiger partial charge < -0.3 is 9.30 Å². The Balaban J connectivity index is 2.08. The van der Waals surface area contributed by atoms with E-state index in [4.69, 9.17) is 4.74 Å². The number of methoxy groups -OCH3 is 1. The number of hydrogen-bond acceptors (Lipinski definition) is 6. The van der Waals surface area contributed by atoms with Crippen molar-refractivity contribution in [2.45, 2.75) is 11.4 Å². The molecular weight excluding hydrogens is 412 g/mol. The molecule has 0 atom stereocenters. The molecule has 0 radical (unpaired) electrons. The molecule has 1 heterocycles. The van der Waals surface area contributed by atoms with E-state index < -0.39 is 21.7 Å². The van der Waals surface area contributed by atoms with Crippen LogP contribution in [0.2, 0.25) is 0 Å². The molecule has 0 saturated heterocycles. The monoisotopic (exact) mass is 430 g/mol. The Hall–Kier alpha value is -3.04. The van der Waals surface area contributed by atoms with Gasteiger partial charge in [-0.3, -0.25) is 4.79 Å². The molecule has 3 rings (SSSR count). The van der Waals surface area contributed by atoms with E-state index in [1.807, 2.05) is 4.57 Å². The van der Waals surface area contributed by atoms with E-state index in [1.165, 1.54) is 42.7 Å². The third-order valence-electron chi connectivity index (χ3n) is 4.14. The number of aromatic nitrogens is 1. The molecule has 0 aliphatic rings. The predicted octanol–water partition coefficient (Wildman–Crippen LogP) is 2.82. The summed E-state index contributed by atoms with van der Waals surface area (Å²) in [5.41, 5.74) is 1.48.